The second-order valence-corrected chi connectivity index (χ2v) is 7.41. The van der Waals surface area contributed by atoms with E-state index in [1.807, 2.05) is 79.7 Å². The number of rotatable bonds is 4. The first-order valence-electron chi connectivity index (χ1n) is 8.56. The summed E-state index contributed by atoms with van der Waals surface area (Å²) in [6, 6.07) is 23.3. The zero-order chi connectivity index (χ0) is 18.6. The van der Waals surface area contributed by atoms with Gasteiger partial charge in [-0.25, -0.2) is 10.4 Å². The van der Waals surface area contributed by atoms with Gasteiger partial charge in [-0.05, 0) is 31.2 Å². The standard InChI is InChI=1S/C22H17N3OS/c1-15-11-12-17(27-15)14-23-25-22(26)19-13-21(16-7-3-2-4-8-16)24-20-10-6-5-9-18(19)20/h2-14H,1H3,(H,25,26). The summed E-state index contributed by atoms with van der Waals surface area (Å²) in [6.07, 6.45) is 1.66. The second-order valence-electron chi connectivity index (χ2n) is 6.09. The molecule has 2 aromatic carbocycles. The number of aryl methyl sites for hydroxylation is 1. The molecule has 2 aromatic heterocycles. The molecule has 4 nitrogen and oxygen atoms in total. The fourth-order valence-electron chi connectivity index (χ4n) is 2.86. The first-order chi connectivity index (χ1) is 13.2. The fourth-order valence-corrected chi connectivity index (χ4v) is 3.61. The Hall–Kier alpha value is -3.31. The Morgan fingerprint density at radius 1 is 1.04 bits per heavy atom. The number of para-hydroxylation sites is 1. The number of hydrogen-bond donors (Lipinski definition) is 1. The molecule has 132 valence electrons. The average molecular weight is 371 g/mol. The molecule has 4 aromatic rings. The largest absolute Gasteiger partial charge is 0.272 e. The number of carbonyl (C=O) groups is 1. The van der Waals surface area contributed by atoms with Crippen LogP contribution in [0, 0.1) is 6.92 Å². The lowest BCUT2D eigenvalue weighted by molar-refractivity contribution is 0.0957. The number of thiophene rings is 1. The van der Waals surface area contributed by atoms with E-state index in [9.17, 15) is 4.79 Å². The highest BCUT2D eigenvalue weighted by molar-refractivity contribution is 7.13. The van der Waals surface area contributed by atoms with E-state index in [2.05, 4.69) is 10.5 Å². The van der Waals surface area contributed by atoms with E-state index < -0.39 is 0 Å². The number of carbonyl (C=O) groups excluding carboxylic acids is 1. The number of fused-ring (bicyclic) bond motifs is 1. The predicted molar refractivity (Wildman–Crippen MR) is 111 cm³/mol. The molecule has 0 unspecified atom stereocenters. The molecule has 1 N–H and O–H groups in total. The van der Waals surface area contributed by atoms with E-state index in [0.29, 0.717) is 5.56 Å². The average Bonchev–Trinajstić information content (AvgIpc) is 3.12. The van der Waals surface area contributed by atoms with Gasteiger partial charge in [0.15, 0.2) is 0 Å². The van der Waals surface area contributed by atoms with Crippen LogP contribution in [0.3, 0.4) is 0 Å². The van der Waals surface area contributed by atoms with Crippen molar-refractivity contribution < 1.29 is 4.79 Å². The number of hydrazone groups is 1. The molecule has 0 bridgehead atoms. The van der Waals surface area contributed by atoms with E-state index >= 15 is 0 Å². The number of aromatic nitrogens is 1. The normalized spacial score (nSPS) is 11.1. The Labute approximate surface area is 161 Å². The molecule has 2 heterocycles. The second kappa shape index (κ2) is 7.51. The molecule has 0 aliphatic rings. The van der Waals surface area contributed by atoms with Crippen LogP contribution in [0.15, 0.2) is 77.9 Å². The van der Waals surface area contributed by atoms with Crippen molar-refractivity contribution in [2.24, 2.45) is 5.10 Å². The molecule has 0 saturated heterocycles. The van der Waals surface area contributed by atoms with Gasteiger partial charge in [0.2, 0.25) is 0 Å². The van der Waals surface area contributed by atoms with Crippen molar-refractivity contribution in [3.05, 3.63) is 88.1 Å². The number of pyridine rings is 1. The topological polar surface area (TPSA) is 54.4 Å². The summed E-state index contributed by atoms with van der Waals surface area (Å²) in [5.74, 6) is -0.254. The van der Waals surface area contributed by atoms with E-state index in [-0.39, 0.29) is 5.91 Å². The molecule has 0 radical (unpaired) electrons. The monoisotopic (exact) mass is 371 g/mol. The summed E-state index contributed by atoms with van der Waals surface area (Å²) in [5, 5.41) is 4.91. The van der Waals surface area contributed by atoms with Crippen LogP contribution in [0.5, 0.6) is 0 Å². The van der Waals surface area contributed by atoms with Gasteiger partial charge in [0.1, 0.15) is 0 Å². The molecule has 0 saturated carbocycles. The summed E-state index contributed by atoms with van der Waals surface area (Å²) in [7, 11) is 0. The SMILES string of the molecule is Cc1ccc(C=NNC(=O)c2cc(-c3ccccc3)nc3ccccc23)s1. The molecule has 5 heteroatoms. The number of nitrogens with one attached hydrogen (secondary N) is 1. The first kappa shape index (κ1) is 17.1. The lowest BCUT2D eigenvalue weighted by Crippen LogP contribution is -2.18. The molecular weight excluding hydrogens is 354 g/mol. The molecule has 1 amide bonds. The lowest BCUT2D eigenvalue weighted by atomic mass is 10.0. The van der Waals surface area contributed by atoms with Gasteiger partial charge in [0, 0.05) is 20.7 Å². The number of nitrogens with zero attached hydrogens (tertiary/aromatic N) is 2. The van der Waals surface area contributed by atoms with Crippen molar-refractivity contribution in [3.63, 3.8) is 0 Å². The van der Waals surface area contributed by atoms with Crippen LogP contribution in [0.25, 0.3) is 22.2 Å². The van der Waals surface area contributed by atoms with Crippen molar-refractivity contribution in [1.82, 2.24) is 10.4 Å². The van der Waals surface area contributed by atoms with Crippen molar-refractivity contribution in [3.8, 4) is 11.3 Å². The summed E-state index contributed by atoms with van der Waals surface area (Å²) < 4.78 is 0. The fraction of sp³-hybridized carbons (Fsp3) is 0.0455. The lowest BCUT2D eigenvalue weighted by Gasteiger charge is -2.09. The molecule has 0 spiro atoms. The highest BCUT2D eigenvalue weighted by Gasteiger charge is 2.13. The van der Waals surface area contributed by atoms with E-state index in [0.717, 1.165) is 27.0 Å². The van der Waals surface area contributed by atoms with Crippen LogP contribution in [-0.4, -0.2) is 17.1 Å². The minimum Gasteiger partial charge on any atom is -0.267 e. The minimum atomic E-state index is -0.254. The van der Waals surface area contributed by atoms with Gasteiger partial charge in [-0.3, -0.25) is 4.79 Å². The molecule has 0 aliphatic carbocycles. The molecule has 27 heavy (non-hydrogen) atoms. The van der Waals surface area contributed by atoms with Gasteiger partial charge >= 0.3 is 0 Å². The van der Waals surface area contributed by atoms with Crippen LogP contribution in [0.2, 0.25) is 0 Å². The van der Waals surface area contributed by atoms with Crippen LogP contribution in [0.4, 0.5) is 0 Å². The summed E-state index contributed by atoms with van der Waals surface area (Å²) in [5.41, 5.74) is 5.70. The maximum Gasteiger partial charge on any atom is 0.272 e. The third-order valence-electron chi connectivity index (χ3n) is 4.15. The van der Waals surface area contributed by atoms with Crippen molar-refractivity contribution in [2.45, 2.75) is 6.92 Å². The smallest absolute Gasteiger partial charge is 0.267 e. The summed E-state index contributed by atoms with van der Waals surface area (Å²) >= 11 is 1.63. The third kappa shape index (κ3) is 3.78. The minimum absolute atomic E-state index is 0.254. The summed E-state index contributed by atoms with van der Waals surface area (Å²) in [6.45, 7) is 2.04. The highest BCUT2D eigenvalue weighted by Crippen LogP contribution is 2.24. The Morgan fingerprint density at radius 2 is 1.81 bits per heavy atom. The molecule has 0 atom stereocenters. The third-order valence-corrected chi connectivity index (χ3v) is 5.08. The Morgan fingerprint density at radius 3 is 2.59 bits per heavy atom. The Kier molecular flexibility index (Phi) is 4.77. The van der Waals surface area contributed by atoms with Crippen LogP contribution < -0.4 is 5.43 Å². The number of hydrogen-bond acceptors (Lipinski definition) is 4. The quantitative estimate of drug-likeness (QED) is 0.404. The van der Waals surface area contributed by atoms with E-state index in [4.69, 9.17) is 4.98 Å². The maximum absolute atomic E-state index is 12.8. The van der Waals surface area contributed by atoms with Crippen LogP contribution in [-0.2, 0) is 0 Å². The maximum atomic E-state index is 12.8. The van der Waals surface area contributed by atoms with Crippen LogP contribution >= 0.6 is 11.3 Å². The van der Waals surface area contributed by atoms with Gasteiger partial charge in [-0.15, -0.1) is 11.3 Å². The van der Waals surface area contributed by atoms with Crippen molar-refractivity contribution in [1.29, 1.82) is 0 Å². The van der Waals surface area contributed by atoms with Crippen molar-refractivity contribution >= 4 is 34.4 Å². The Balaban J connectivity index is 1.69. The molecule has 4 rings (SSSR count). The zero-order valence-corrected chi connectivity index (χ0v) is 15.5. The van der Waals surface area contributed by atoms with E-state index in [1.54, 1.807) is 17.6 Å². The van der Waals surface area contributed by atoms with Gasteiger partial charge in [-0.2, -0.15) is 5.10 Å². The van der Waals surface area contributed by atoms with Gasteiger partial charge < -0.3 is 0 Å². The Bertz CT molecular complexity index is 1130. The number of amides is 1. The van der Waals surface area contributed by atoms with Gasteiger partial charge in [0.05, 0.1) is 23.0 Å². The van der Waals surface area contributed by atoms with Gasteiger partial charge in [-0.1, -0.05) is 48.5 Å². The summed E-state index contributed by atoms with van der Waals surface area (Å²) in [4.78, 5) is 19.7. The molecule has 0 aliphatic heterocycles. The highest BCUT2D eigenvalue weighted by atomic mass is 32.1. The van der Waals surface area contributed by atoms with E-state index in [1.165, 1.54) is 4.88 Å². The van der Waals surface area contributed by atoms with Crippen molar-refractivity contribution in [2.75, 3.05) is 0 Å². The zero-order valence-electron chi connectivity index (χ0n) is 14.7. The first-order valence-corrected chi connectivity index (χ1v) is 9.37. The molecule has 0 fully saturated rings. The predicted octanol–water partition coefficient (Wildman–Crippen LogP) is 5.04. The van der Waals surface area contributed by atoms with Gasteiger partial charge in [0.25, 0.3) is 5.91 Å². The van der Waals surface area contributed by atoms with Crippen LogP contribution in [0.1, 0.15) is 20.1 Å². The molecular formula is C22H17N3OS. The number of benzene rings is 2.